The quantitative estimate of drug-likeness (QED) is 0.917. The van der Waals surface area contributed by atoms with E-state index in [0.717, 1.165) is 28.9 Å². The van der Waals surface area contributed by atoms with Crippen molar-refractivity contribution < 1.29 is 0 Å². The van der Waals surface area contributed by atoms with Crippen LogP contribution in [0.4, 0.5) is 11.5 Å². The zero-order valence-corrected chi connectivity index (χ0v) is 11.9. The normalized spacial score (nSPS) is 10.5. The second-order valence-electron chi connectivity index (χ2n) is 4.79. The third kappa shape index (κ3) is 2.67. The highest BCUT2D eigenvalue weighted by Crippen LogP contribution is 2.22. The molecule has 19 heavy (non-hydrogen) atoms. The first kappa shape index (κ1) is 13.3. The molecule has 2 rings (SSSR count). The maximum Gasteiger partial charge on any atom is 0.161 e. The average Bonchev–Trinajstić information content (AvgIpc) is 2.38. The topological polar surface area (TPSA) is 55.0 Å². The van der Waals surface area contributed by atoms with Crippen molar-refractivity contribution in [2.75, 3.05) is 24.7 Å². The van der Waals surface area contributed by atoms with E-state index in [1.54, 1.807) is 0 Å². The summed E-state index contributed by atoms with van der Waals surface area (Å²) in [6, 6.07) is 8.15. The Labute approximate surface area is 114 Å². The number of benzene rings is 1. The van der Waals surface area contributed by atoms with Gasteiger partial charge in [0.05, 0.1) is 0 Å². The van der Waals surface area contributed by atoms with Crippen LogP contribution in [-0.2, 0) is 6.42 Å². The summed E-state index contributed by atoms with van der Waals surface area (Å²) in [7, 11) is 4.04. The summed E-state index contributed by atoms with van der Waals surface area (Å²) in [5.74, 6) is 1.28. The van der Waals surface area contributed by atoms with Crippen LogP contribution in [0.3, 0.4) is 0 Å². The smallest absolute Gasteiger partial charge is 0.161 e. The van der Waals surface area contributed by atoms with Crippen molar-refractivity contribution in [2.45, 2.75) is 20.3 Å². The van der Waals surface area contributed by atoms with Gasteiger partial charge in [-0.05, 0) is 37.6 Å². The lowest BCUT2D eigenvalue weighted by atomic mass is 10.1. The summed E-state index contributed by atoms with van der Waals surface area (Å²) in [6.07, 6.45) is 0.859. The standard InChI is InChI=1S/C15H20N4/c1-5-13-10(2)17-15(18-14(13)16)11-6-8-12(9-7-11)19(3)4/h6-9H,5H2,1-4H3,(H2,16,17,18). The summed E-state index contributed by atoms with van der Waals surface area (Å²) in [5.41, 5.74) is 10.1. The van der Waals surface area contributed by atoms with E-state index in [2.05, 4.69) is 33.9 Å². The zero-order chi connectivity index (χ0) is 14.0. The molecule has 0 fully saturated rings. The molecular weight excluding hydrogens is 236 g/mol. The Kier molecular flexibility index (Phi) is 3.69. The predicted octanol–water partition coefficient (Wildman–Crippen LogP) is 2.66. The Morgan fingerprint density at radius 2 is 1.74 bits per heavy atom. The summed E-state index contributed by atoms with van der Waals surface area (Å²) in [6.45, 7) is 4.04. The number of aryl methyl sites for hydroxylation is 1. The van der Waals surface area contributed by atoms with Gasteiger partial charge in [0.15, 0.2) is 5.82 Å². The van der Waals surface area contributed by atoms with E-state index >= 15 is 0 Å². The van der Waals surface area contributed by atoms with Gasteiger partial charge in [-0.3, -0.25) is 0 Å². The molecule has 1 heterocycles. The van der Waals surface area contributed by atoms with Gasteiger partial charge in [0.1, 0.15) is 5.82 Å². The number of hydrogen-bond acceptors (Lipinski definition) is 4. The van der Waals surface area contributed by atoms with Crippen LogP contribution in [0.25, 0.3) is 11.4 Å². The first-order valence-electron chi connectivity index (χ1n) is 6.43. The Balaban J connectivity index is 2.42. The van der Waals surface area contributed by atoms with E-state index in [-0.39, 0.29) is 0 Å². The molecule has 0 aliphatic rings. The van der Waals surface area contributed by atoms with Crippen molar-refractivity contribution in [2.24, 2.45) is 0 Å². The monoisotopic (exact) mass is 256 g/mol. The third-order valence-corrected chi connectivity index (χ3v) is 3.24. The van der Waals surface area contributed by atoms with Crippen LogP contribution in [0.15, 0.2) is 24.3 Å². The fourth-order valence-electron chi connectivity index (χ4n) is 2.09. The van der Waals surface area contributed by atoms with Crippen LogP contribution in [-0.4, -0.2) is 24.1 Å². The van der Waals surface area contributed by atoms with Gasteiger partial charge in [0.25, 0.3) is 0 Å². The van der Waals surface area contributed by atoms with E-state index in [0.29, 0.717) is 11.6 Å². The van der Waals surface area contributed by atoms with Crippen molar-refractivity contribution in [1.82, 2.24) is 9.97 Å². The minimum Gasteiger partial charge on any atom is -0.383 e. The minimum atomic E-state index is 0.585. The lowest BCUT2D eigenvalue weighted by Crippen LogP contribution is -2.08. The molecule has 0 aliphatic carbocycles. The molecule has 2 N–H and O–H groups in total. The zero-order valence-electron chi connectivity index (χ0n) is 11.9. The van der Waals surface area contributed by atoms with Crippen molar-refractivity contribution in [1.29, 1.82) is 0 Å². The van der Waals surface area contributed by atoms with Gasteiger partial charge in [-0.15, -0.1) is 0 Å². The Morgan fingerprint density at radius 3 is 2.21 bits per heavy atom. The lowest BCUT2D eigenvalue weighted by molar-refractivity contribution is 1.01. The molecule has 0 radical (unpaired) electrons. The van der Waals surface area contributed by atoms with Gasteiger partial charge in [-0.25, -0.2) is 9.97 Å². The van der Waals surface area contributed by atoms with E-state index in [9.17, 15) is 0 Å². The molecular formula is C15H20N4. The Morgan fingerprint density at radius 1 is 1.11 bits per heavy atom. The lowest BCUT2D eigenvalue weighted by Gasteiger charge is -2.13. The molecule has 1 aromatic carbocycles. The fourth-order valence-corrected chi connectivity index (χ4v) is 2.09. The van der Waals surface area contributed by atoms with E-state index in [1.165, 1.54) is 0 Å². The van der Waals surface area contributed by atoms with Crippen LogP contribution in [0, 0.1) is 6.92 Å². The van der Waals surface area contributed by atoms with Crippen molar-refractivity contribution in [3.05, 3.63) is 35.5 Å². The minimum absolute atomic E-state index is 0.585. The maximum atomic E-state index is 5.99. The molecule has 2 aromatic rings. The molecule has 4 heteroatoms. The van der Waals surface area contributed by atoms with E-state index < -0.39 is 0 Å². The van der Waals surface area contributed by atoms with Crippen molar-refractivity contribution >= 4 is 11.5 Å². The number of nitrogens with zero attached hydrogens (tertiary/aromatic N) is 3. The molecule has 0 unspecified atom stereocenters. The van der Waals surface area contributed by atoms with Crippen LogP contribution >= 0.6 is 0 Å². The predicted molar refractivity (Wildman–Crippen MR) is 80.3 cm³/mol. The van der Waals surface area contributed by atoms with Gasteiger partial charge in [-0.2, -0.15) is 0 Å². The van der Waals surface area contributed by atoms with E-state index in [1.807, 2.05) is 33.2 Å². The maximum absolute atomic E-state index is 5.99. The molecule has 0 bridgehead atoms. The van der Waals surface area contributed by atoms with Crippen molar-refractivity contribution in [3.8, 4) is 11.4 Å². The summed E-state index contributed by atoms with van der Waals surface area (Å²) in [5, 5.41) is 0. The SMILES string of the molecule is CCc1c(C)nc(-c2ccc(N(C)C)cc2)nc1N. The fraction of sp³-hybridized carbons (Fsp3) is 0.333. The van der Waals surface area contributed by atoms with Crippen LogP contribution in [0.5, 0.6) is 0 Å². The molecule has 4 nitrogen and oxygen atoms in total. The molecule has 0 saturated carbocycles. The van der Waals surface area contributed by atoms with Crippen LogP contribution in [0.1, 0.15) is 18.2 Å². The first-order chi connectivity index (χ1) is 9.02. The first-order valence-corrected chi connectivity index (χ1v) is 6.43. The average molecular weight is 256 g/mol. The number of rotatable bonds is 3. The van der Waals surface area contributed by atoms with Crippen LogP contribution in [0.2, 0.25) is 0 Å². The molecule has 0 amide bonds. The number of hydrogen-bond donors (Lipinski definition) is 1. The Hall–Kier alpha value is -2.10. The third-order valence-electron chi connectivity index (χ3n) is 3.24. The molecule has 0 saturated heterocycles. The largest absolute Gasteiger partial charge is 0.383 e. The highest BCUT2D eigenvalue weighted by molar-refractivity contribution is 5.62. The number of aromatic nitrogens is 2. The van der Waals surface area contributed by atoms with Gasteiger partial charge in [0.2, 0.25) is 0 Å². The molecule has 0 spiro atoms. The summed E-state index contributed by atoms with van der Waals surface area (Å²) < 4.78 is 0. The molecule has 1 aromatic heterocycles. The number of nitrogen functional groups attached to an aromatic ring is 1. The highest BCUT2D eigenvalue weighted by atomic mass is 15.1. The second kappa shape index (κ2) is 5.26. The number of anilines is 2. The van der Waals surface area contributed by atoms with Gasteiger partial charge in [0, 0.05) is 36.6 Å². The van der Waals surface area contributed by atoms with Crippen LogP contribution < -0.4 is 10.6 Å². The second-order valence-corrected chi connectivity index (χ2v) is 4.79. The van der Waals surface area contributed by atoms with E-state index in [4.69, 9.17) is 5.73 Å². The summed E-state index contributed by atoms with van der Waals surface area (Å²) in [4.78, 5) is 11.0. The molecule has 0 aliphatic heterocycles. The highest BCUT2D eigenvalue weighted by Gasteiger charge is 2.09. The number of nitrogens with two attached hydrogens (primary N) is 1. The van der Waals surface area contributed by atoms with Gasteiger partial charge >= 0.3 is 0 Å². The van der Waals surface area contributed by atoms with Gasteiger partial charge < -0.3 is 10.6 Å². The summed E-state index contributed by atoms with van der Waals surface area (Å²) >= 11 is 0. The Bertz CT molecular complexity index is 550. The van der Waals surface area contributed by atoms with Crippen molar-refractivity contribution in [3.63, 3.8) is 0 Å². The molecule has 100 valence electrons. The molecule has 0 atom stereocenters. The van der Waals surface area contributed by atoms with Gasteiger partial charge in [-0.1, -0.05) is 6.92 Å².